The summed E-state index contributed by atoms with van der Waals surface area (Å²) in [4.78, 5) is 24.0. The second-order valence-electron chi connectivity index (χ2n) is 7.76. The lowest BCUT2D eigenvalue weighted by Gasteiger charge is -2.39. The molecule has 1 aliphatic heterocycles. The van der Waals surface area contributed by atoms with Gasteiger partial charge in [0.15, 0.2) is 11.5 Å². The number of halogens is 3. The van der Waals surface area contributed by atoms with Gasteiger partial charge in [0.2, 0.25) is 5.91 Å². The number of hydrogen-bond donors (Lipinski definition) is 0. The fraction of sp³-hybridized carbons (Fsp3) is 0.550. The monoisotopic (exact) mass is 392 g/mol. The average Bonchev–Trinajstić information content (AvgIpc) is 2.59. The lowest BCUT2D eigenvalue weighted by Crippen LogP contribution is -2.51. The van der Waals surface area contributed by atoms with Crippen LogP contribution in [0.3, 0.4) is 0 Å². The van der Waals surface area contributed by atoms with E-state index in [4.69, 9.17) is 0 Å². The van der Waals surface area contributed by atoms with Crippen molar-refractivity contribution in [1.29, 1.82) is 0 Å². The summed E-state index contributed by atoms with van der Waals surface area (Å²) in [7, 11) is 0. The highest BCUT2D eigenvalue weighted by atomic mass is 19.4. The maximum atomic E-state index is 13.7. The fourth-order valence-electron chi connectivity index (χ4n) is 3.76. The number of anilines is 1. The van der Waals surface area contributed by atoms with E-state index in [1.807, 2.05) is 13.8 Å². The molecule has 8 heteroatoms. The number of piperazine rings is 1. The van der Waals surface area contributed by atoms with Gasteiger partial charge in [0.25, 0.3) is 0 Å². The van der Waals surface area contributed by atoms with Crippen LogP contribution < -0.4 is 4.90 Å². The predicted molar refractivity (Wildman–Crippen MR) is 100 cm³/mol. The van der Waals surface area contributed by atoms with Gasteiger partial charge in [-0.25, -0.2) is 9.97 Å². The topological polar surface area (TPSA) is 49.3 Å². The predicted octanol–water partition coefficient (Wildman–Crippen LogP) is 3.71. The average molecular weight is 392 g/mol. The first-order valence-corrected chi connectivity index (χ1v) is 9.64. The number of carbonyl (C=O) groups is 1. The molecule has 1 saturated heterocycles. The molecule has 0 radical (unpaired) electrons. The first-order valence-electron chi connectivity index (χ1n) is 9.64. The Labute approximate surface area is 161 Å². The van der Waals surface area contributed by atoms with Crippen molar-refractivity contribution < 1.29 is 18.0 Å². The summed E-state index contributed by atoms with van der Waals surface area (Å²) in [6.07, 6.45) is -1.66. The smallest absolute Gasteiger partial charge is 0.351 e. The van der Waals surface area contributed by atoms with Crippen LogP contribution in [0.15, 0.2) is 12.1 Å². The van der Waals surface area contributed by atoms with Crippen LogP contribution in [0.5, 0.6) is 0 Å². The maximum Gasteiger partial charge on any atom is 0.437 e. The Bertz CT molecular complexity index is 916. The summed E-state index contributed by atoms with van der Waals surface area (Å²) in [6.45, 7) is 5.23. The summed E-state index contributed by atoms with van der Waals surface area (Å²) in [6, 6.07) is 3.42. The third kappa shape index (κ3) is 3.40. The zero-order valence-electron chi connectivity index (χ0n) is 16.0. The number of amides is 1. The molecule has 1 saturated carbocycles. The van der Waals surface area contributed by atoms with Crippen LogP contribution in [0.1, 0.15) is 36.1 Å². The number of carbonyl (C=O) groups excluding carboxylic acids is 1. The molecule has 0 N–H and O–H groups in total. The van der Waals surface area contributed by atoms with E-state index in [0.29, 0.717) is 31.7 Å². The molecule has 0 spiro atoms. The quantitative estimate of drug-likeness (QED) is 0.782. The largest absolute Gasteiger partial charge is 0.437 e. The van der Waals surface area contributed by atoms with Crippen molar-refractivity contribution >= 4 is 22.8 Å². The molecule has 0 bridgehead atoms. The molecule has 2 fully saturated rings. The van der Waals surface area contributed by atoms with Crippen molar-refractivity contribution in [3.8, 4) is 0 Å². The number of nitrogens with zero attached hydrogens (tertiary/aromatic N) is 4. The van der Waals surface area contributed by atoms with Crippen LogP contribution in [-0.2, 0) is 11.0 Å². The van der Waals surface area contributed by atoms with Gasteiger partial charge in [-0.05, 0) is 49.9 Å². The van der Waals surface area contributed by atoms with Crippen molar-refractivity contribution in [3.63, 3.8) is 0 Å². The van der Waals surface area contributed by atoms with Gasteiger partial charge in [-0.15, -0.1) is 0 Å². The Morgan fingerprint density at radius 3 is 2.07 bits per heavy atom. The van der Waals surface area contributed by atoms with Crippen molar-refractivity contribution in [1.82, 2.24) is 14.9 Å². The summed E-state index contributed by atoms with van der Waals surface area (Å²) in [5, 5.41) is 0. The van der Waals surface area contributed by atoms with Gasteiger partial charge < -0.3 is 9.80 Å². The molecule has 1 aromatic heterocycles. The summed E-state index contributed by atoms with van der Waals surface area (Å²) in [5.41, 5.74) is 1.59. The standard InChI is InChI=1S/C20H23F3N4O/c1-12-10-15-16(11-13(12)2)25-18(17(24-15)20(21,22)23)26-6-8-27(9-7-26)19(28)14-4-3-5-14/h10-11,14H,3-9H2,1-2H3. The summed E-state index contributed by atoms with van der Waals surface area (Å²) >= 11 is 0. The van der Waals surface area contributed by atoms with Gasteiger partial charge in [-0.1, -0.05) is 6.42 Å². The molecule has 5 nitrogen and oxygen atoms in total. The molecule has 0 atom stereocenters. The van der Waals surface area contributed by atoms with E-state index in [-0.39, 0.29) is 23.2 Å². The van der Waals surface area contributed by atoms with Gasteiger partial charge in [0.05, 0.1) is 11.0 Å². The highest BCUT2D eigenvalue weighted by Gasteiger charge is 2.40. The first kappa shape index (κ1) is 19.0. The van der Waals surface area contributed by atoms with Crippen LogP contribution in [0.25, 0.3) is 11.0 Å². The van der Waals surface area contributed by atoms with Crippen LogP contribution >= 0.6 is 0 Å². The number of aromatic nitrogens is 2. The van der Waals surface area contributed by atoms with Crippen molar-refractivity contribution in [2.24, 2.45) is 5.92 Å². The molecular formula is C20H23F3N4O. The zero-order valence-corrected chi connectivity index (χ0v) is 16.0. The second kappa shape index (κ2) is 6.90. The van der Waals surface area contributed by atoms with Gasteiger partial charge in [-0.3, -0.25) is 4.79 Å². The zero-order chi connectivity index (χ0) is 20.1. The molecule has 4 rings (SSSR count). The number of benzene rings is 1. The van der Waals surface area contributed by atoms with Crippen molar-refractivity contribution in [2.75, 3.05) is 31.1 Å². The van der Waals surface area contributed by atoms with Crippen LogP contribution in [0.4, 0.5) is 19.0 Å². The highest BCUT2D eigenvalue weighted by molar-refractivity contribution is 5.80. The SMILES string of the molecule is Cc1cc2nc(N3CCN(C(=O)C4CCC4)CC3)c(C(F)(F)F)nc2cc1C. The molecule has 2 aliphatic rings. The highest BCUT2D eigenvalue weighted by Crippen LogP contribution is 2.36. The van der Waals surface area contributed by atoms with Crippen molar-refractivity contribution in [3.05, 3.63) is 29.0 Å². The molecule has 1 aliphatic carbocycles. The van der Waals surface area contributed by atoms with Gasteiger partial charge in [0.1, 0.15) is 0 Å². The molecule has 1 aromatic carbocycles. The van der Waals surface area contributed by atoms with E-state index in [1.165, 1.54) is 0 Å². The van der Waals surface area contributed by atoms with E-state index in [2.05, 4.69) is 9.97 Å². The minimum absolute atomic E-state index is 0.101. The van der Waals surface area contributed by atoms with Gasteiger partial charge in [0, 0.05) is 32.1 Å². The van der Waals surface area contributed by atoms with E-state index in [0.717, 1.165) is 30.4 Å². The van der Waals surface area contributed by atoms with Crippen LogP contribution in [0.2, 0.25) is 0 Å². The number of aryl methyl sites for hydroxylation is 2. The van der Waals surface area contributed by atoms with E-state index < -0.39 is 11.9 Å². The molecule has 0 unspecified atom stereocenters. The Morgan fingerprint density at radius 1 is 1.00 bits per heavy atom. The molecule has 2 aromatic rings. The van der Waals surface area contributed by atoms with Crippen LogP contribution in [-0.4, -0.2) is 47.0 Å². The van der Waals surface area contributed by atoms with Crippen LogP contribution in [0, 0.1) is 19.8 Å². The lowest BCUT2D eigenvalue weighted by atomic mass is 9.84. The van der Waals surface area contributed by atoms with E-state index >= 15 is 0 Å². The molecule has 28 heavy (non-hydrogen) atoms. The third-order valence-corrected chi connectivity index (χ3v) is 5.88. The minimum Gasteiger partial charge on any atom is -0.351 e. The number of rotatable bonds is 2. The summed E-state index contributed by atoms with van der Waals surface area (Å²) in [5.74, 6) is 0.0978. The number of fused-ring (bicyclic) bond motifs is 1. The third-order valence-electron chi connectivity index (χ3n) is 5.88. The Morgan fingerprint density at radius 2 is 1.57 bits per heavy atom. The molecule has 1 amide bonds. The van der Waals surface area contributed by atoms with Gasteiger partial charge >= 0.3 is 6.18 Å². The Kier molecular flexibility index (Phi) is 4.67. The normalized spacial score (nSPS) is 18.5. The second-order valence-corrected chi connectivity index (χ2v) is 7.76. The number of hydrogen-bond acceptors (Lipinski definition) is 4. The summed E-state index contributed by atoms with van der Waals surface area (Å²) < 4.78 is 41.0. The fourth-order valence-corrected chi connectivity index (χ4v) is 3.76. The lowest BCUT2D eigenvalue weighted by molar-refractivity contribution is -0.141. The van der Waals surface area contributed by atoms with Gasteiger partial charge in [-0.2, -0.15) is 13.2 Å². The molecular weight excluding hydrogens is 369 g/mol. The first-order chi connectivity index (χ1) is 13.2. The van der Waals surface area contributed by atoms with E-state index in [1.54, 1.807) is 21.9 Å². The Balaban J connectivity index is 1.63. The van der Waals surface area contributed by atoms with Crippen molar-refractivity contribution in [2.45, 2.75) is 39.3 Å². The minimum atomic E-state index is -4.59. The molecule has 2 heterocycles. The Hall–Kier alpha value is -2.38. The maximum absolute atomic E-state index is 13.7. The number of alkyl halides is 3. The molecule has 150 valence electrons. The van der Waals surface area contributed by atoms with E-state index in [9.17, 15) is 18.0 Å².